The van der Waals surface area contributed by atoms with Crippen LogP contribution in [0.1, 0.15) is 49.0 Å². The highest BCUT2D eigenvalue weighted by Gasteiger charge is 2.11. The van der Waals surface area contributed by atoms with Gasteiger partial charge >= 0.3 is 0 Å². The van der Waals surface area contributed by atoms with Crippen LogP contribution in [0.3, 0.4) is 0 Å². The molecule has 0 aromatic heterocycles. The molecule has 2 heteroatoms. The van der Waals surface area contributed by atoms with Gasteiger partial charge in [-0.1, -0.05) is 37.1 Å². The number of aryl methyl sites for hydroxylation is 2. The van der Waals surface area contributed by atoms with E-state index in [-0.39, 0.29) is 6.10 Å². The summed E-state index contributed by atoms with van der Waals surface area (Å²) in [5.74, 6) is 0. The van der Waals surface area contributed by atoms with Gasteiger partial charge in [0.05, 0.1) is 6.10 Å². The van der Waals surface area contributed by atoms with Crippen LogP contribution in [-0.2, 0) is 0 Å². The molecule has 0 heterocycles. The van der Waals surface area contributed by atoms with Crippen molar-refractivity contribution in [3.05, 3.63) is 34.9 Å². The summed E-state index contributed by atoms with van der Waals surface area (Å²) in [6.45, 7) is 8.44. The van der Waals surface area contributed by atoms with Crippen LogP contribution in [0, 0.1) is 13.8 Å². The zero-order valence-corrected chi connectivity index (χ0v) is 12.2. The Kier molecular flexibility index (Phi) is 6.37. The van der Waals surface area contributed by atoms with Gasteiger partial charge in [0.15, 0.2) is 0 Å². The first kappa shape index (κ1) is 15.2. The van der Waals surface area contributed by atoms with E-state index < -0.39 is 0 Å². The molecule has 0 radical (unpaired) electrons. The van der Waals surface area contributed by atoms with Gasteiger partial charge < -0.3 is 10.0 Å². The molecule has 1 aromatic carbocycles. The van der Waals surface area contributed by atoms with Gasteiger partial charge in [-0.15, -0.1) is 0 Å². The minimum Gasteiger partial charge on any atom is -0.388 e. The van der Waals surface area contributed by atoms with Crippen molar-refractivity contribution in [2.75, 3.05) is 20.1 Å². The normalized spacial score (nSPS) is 13.0. The van der Waals surface area contributed by atoms with Gasteiger partial charge in [0.2, 0.25) is 0 Å². The Bertz CT molecular complexity index is 362. The summed E-state index contributed by atoms with van der Waals surface area (Å²) in [6, 6.07) is 6.27. The van der Waals surface area contributed by atoms with Crippen molar-refractivity contribution in [3.8, 4) is 0 Å². The number of hydrogen-bond donors (Lipinski definition) is 1. The monoisotopic (exact) mass is 249 g/mol. The van der Waals surface area contributed by atoms with E-state index in [4.69, 9.17) is 0 Å². The van der Waals surface area contributed by atoms with Crippen LogP contribution >= 0.6 is 0 Å². The lowest BCUT2D eigenvalue weighted by Crippen LogP contribution is -2.22. The van der Waals surface area contributed by atoms with Gasteiger partial charge in [-0.25, -0.2) is 0 Å². The average Bonchev–Trinajstić information content (AvgIpc) is 2.33. The van der Waals surface area contributed by atoms with Gasteiger partial charge in [-0.05, 0) is 51.4 Å². The molecular formula is C16H27NO. The number of aliphatic hydroxyl groups is 1. The summed E-state index contributed by atoms with van der Waals surface area (Å²) in [7, 11) is 2.13. The van der Waals surface area contributed by atoms with E-state index in [2.05, 4.69) is 50.9 Å². The molecule has 0 spiro atoms. The van der Waals surface area contributed by atoms with Crippen molar-refractivity contribution < 1.29 is 5.11 Å². The number of benzene rings is 1. The molecule has 1 unspecified atom stereocenters. The molecule has 1 atom stereocenters. The predicted octanol–water partition coefficient (Wildman–Crippen LogP) is 3.46. The lowest BCUT2D eigenvalue weighted by Gasteiger charge is -2.20. The van der Waals surface area contributed by atoms with Gasteiger partial charge in [-0.3, -0.25) is 0 Å². The van der Waals surface area contributed by atoms with Crippen molar-refractivity contribution in [2.45, 2.75) is 46.1 Å². The molecule has 2 nitrogen and oxygen atoms in total. The largest absolute Gasteiger partial charge is 0.388 e. The number of unbranched alkanes of at least 4 members (excludes halogenated alkanes) is 1. The molecule has 0 fully saturated rings. The van der Waals surface area contributed by atoms with Crippen LogP contribution < -0.4 is 0 Å². The Hall–Kier alpha value is -0.860. The Morgan fingerprint density at radius 3 is 2.56 bits per heavy atom. The fraction of sp³-hybridized carbons (Fsp3) is 0.625. The molecule has 1 aromatic rings. The zero-order chi connectivity index (χ0) is 13.5. The smallest absolute Gasteiger partial charge is 0.0804 e. The second kappa shape index (κ2) is 7.55. The predicted molar refractivity (Wildman–Crippen MR) is 77.9 cm³/mol. The van der Waals surface area contributed by atoms with Crippen LogP contribution in [0.25, 0.3) is 0 Å². The summed E-state index contributed by atoms with van der Waals surface area (Å²) in [5, 5.41) is 10.2. The van der Waals surface area contributed by atoms with Crippen LogP contribution in [-0.4, -0.2) is 30.1 Å². The SMILES string of the molecule is CCCCN(C)CCC(O)c1ccc(C)cc1C. The van der Waals surface area contributed by atoms with Crippen LogP contribution in [0.2, 0.25) is 0 Å². The lowest BCUT2D eigenvalue weighted by molar-refractivity contribution is 0.148. The van der Waals surface area contributed by atoms with Crippen LogP contribution in [0.15, 0.2) is 18.2 Å². The first-order valence-corrected chi connectivity index (χ1v) is 6.98. The van der Waals surface area contributed by atoms with Crippen LogP contribution in [0.4, 0.5) is 0 Å². The maximum atomic E-state index is 10.2. The second-order valence-corrected chi connectivity index (χ2v) is 5.32. The molecule has 1 N–H and O–H groups in total. The third-order valence-corrected chi connectivity index (χ3v) is 3.46. The summed E-state index contributed by atoms with van der Waals surface area (Å²) in [5.41, 5.74) is 3.52. The third kappa shape index (κ3) is 4.79. The molecule has 18 heavy (non-hydrogen) atoms. The van der Waals surface area contributed by atoms with E-state index in [1.165, 1.54) is 24.0 Å². The summed E-state index contributed by atoms with van der Waals surface area (Å²) < 4.78 is 0. The molecule has 102 valence electrons. The molecule has 1 rings (SSSR count). The van der Waals surface area contributed by atoms with Crippen molar-refractivity contribution in [1.29, 1.82) is 0 Å². The maximum Gasteiger partial charge on any atom is 0.0804 e. The first-order chi connectivity index (χ1) is 8.54. The van der Waals surface area contributed by atoms with Crippen molar-refractivity contribution in [3.63, 3.8) is 0 Å². The zero-order valence-electron chi connectivity index (χ0n) is 12.2. The third-order valence-electron chi connectivity index (χ3n) is 3.46. The topological polar surface area (TPSA) is 23.5 Å². The average molecular weight is 249 g/mol. The Morgan fingerprint density at radius 1 is 1.22 bits per heavy atom. The lowest BCUT2D eigenvalue weighted by atomic mass is 9.99. The van der Waals surface area contributed by atoms with E-state index >= 15 is 0 Å². The summed E-state index contributed by atoms with van der Waals surface area (Å²) >= 11 is 0. The Balaban J connectivity index is 2.47. The van der Waals surface area contributed by atoms with Crippen molar-refractivity contribution >= 4 is 0 Å². The van der Waals surface area contributed by atoms with Gasteiger partial charge in [0.1, 0.15) is 0 Å². The van der Waals surface area contributed by atoms with E-state index in [0.29, 0.717) is 0 Å². The number of aliphatic hydroxyl groups excluding tert-OH is 1. The second-order valence-electron chi connectivity index (χ2n) is 5.32. The fourth-order valence-electron chi connectivity index (χ4n) is 2.24. The highest BCUT2D eigenvalue weighted by Crippen LogP contribution is 2.21. The fourth-order valence-corrected chi connectivity index (χ4v) is 2.24. The Labute approximate surface area is 112 Å². The van der Waals surface area contributed by atoms with Gasteiger partial charge in [0.25, 0.3) is 0 Å². The molecule has 0 aliphatic heterocycles. The van der Waals surface area contributed by atoms with E-state index in [1.54, 1.807) is 0 Å². The highest BCUT2D eigenvalue weighted by molar-refractivity contribution is 5.31. The number of rotatable bonds is 7. The minimum atomic E-state index is -0.338. The summed E-state index contributed by atoms with van der Waals surface area (Å²) in [6.07, 6.45) is 2.93. The van der Waals surface area contributed by atoms with E-state index in [0.717, 1.165) is 25.1 Å². The standard InChI is InChI=1S/C16H27NO/c1-5-6-10-17(4)11-9-16(18)15-8-7-13(2)12-14(15)3/h7-8,12,16,18H,5-6,9-11H2,1-4H3. The van der Waals surface area contributed by atoms with Crippen LogP contribution in [0.5, 0.6) is 0 Å². The molecular weight excluding hydrogens is 222 g/mol. The highest BCUT2D eigenvalue weighted by atomic mass is 16.3. The maximum absolute atomic E-state index is 10.2. The van der Waals surface area contributed by atoms with Crippen molar-refractivity contribution in [1.82, 2.24) is 4.90 Å². The molecule has 0 saturated carbocycles. The molecule has 0 saturated heterocycles. The molecule has 0 amide bonds. The Morgan fingerprint density at radius 2 is 1.94 bits per heavy atom. The van der Waals surface area contributed by atoms with Gasteiger partial charge in [-0.2, -0.15) is 0 Å². The first-order valence-electron chi connectivity index (χ1n) is 6.98. The molecule has 0 bridgehead atoms. The summed E-state index contributed by atoms with van der Waals surface area (Å²) in [4.78, 5) is 2.30. The number of hydrogen-bond acceptors (Lipinski definition) is 2. The van der Waals surface area contributed by atoms with E-state index in [9.17, 15) is 5.11 Å². The van der Waals surface area contributed by atoms with Gasteiger partial charge in [0, 0.05) is 6.54 Å². The number of nitrogens with zero attached hydrogens (tertiary/aromatic N) is 1. The molecule has 0 aliphatic rings. The minimum absolute atomic E-state index is 0.338. The quantitative estimate of drug-likeness (QED) is 0.800. The van der Waals surface area contributed by atoms with E-state index in [1.807, 2.05) is 0 Å². The molecule has 0 aliphatic carbocycles. The van der Waals surface area contributed by atoms with Crippen molar-refractivity contribution in [2.24, 2.45) is 0 Å².